The average molecular weight is 297 g/mol. The number of nitrogens with zero attached hydrogens (tertiary/aromatic N) is 3. The van der Waals surface area contributed by atoms with Gasteiger partial charge in [0.1, 0.15) is 18.7 Å². The number of hydrogen-bond donors (Lipinski definition) is 0. The molecule has 2 rings (SSSR count). The summed E-state index contributed by atoms with van der Waals surface area (Å²) in [6, 6.07) is 10.4. The second-order valence-corrected chi connectivity index (χ2v) is 5.62. The number of ether oxygens (including phenoxy) is 1. The fourth-order valence-electron chi connectivity index (χ4n) is 2.14. The van der Waals surface area contributed by atoms with Crippen LogP contribution >= 0.6 is 0 Å². The van der Waals surface area contributed by atoms with Gasteiger partial charge in [0.2, 0.25) is 0 Å². The molecule has 4 nitrogen and oxygen atoms in total. The first kappa shape index (κ1) is 16.2. The molecule has 0 aliphatic heterocycles. The zero-order valence-corrected chi connectivity index (χ0v) is 13.5. The number of hydrogen-bond acceptors (Lipinski definition) is 4. The molecule has 0 bridgehead atoms. The lowest BCUT2D eigenvalue weighted by Crippen LogP contribution is -2.22. The Labute approximate surface area is 132 Å². The summed E-state index contributed by atoms with van der Waals surface area (Å²) in [5.41, 5.74) is 3.25. The molecule has 1 aromatic heterocycles. The predicted octanol–water partition coefficient (Wildman–Crippen LogP) is 3.62. The minimum Gasteiger partial charge on any atom is -0.489 e. The maximum Gasteiger partial charge on any atom is 0.120 e. The fourth-order valence-corrected chi connectivity index (χ4v) is 2.14. The molecule has 0 aliphatic carbocycles. The van der Waals surface area contributed by atoms with Crippen molar-refractivity contribution in [3.05, 3.63) is 66.3 Å². The van der Waals surface area contributed by atoms with E-state index in [4.69, 9.17) is 4.74 Å². The van der Waals surface area contributed by atoms with Crippen LogP contribution in [0.25, 0.3) is 0 Å². The predicted molar refractivity (Wildman–Crippen MR) is 88.7 cm³/mol. The molecule has 0 spiro atoms. The minimum atomic E-state index is 0.225. The number of aromatic nitrogens is 2. The van der Waals surface area contributed by atoms with Gasteiger partial charge in [0, 0.05) is 18.8 Å². The molecule has 1 heterocycles. The van der Waals surface area contributed by atoms with Gasteiger partial charge in [-0.3, -0.25) is 4.90 Å². The van der Waals surface area contributed by atoms with Crippen molar-refractivity contribution >= 4 is 0 Å². The van der Waals surface area contributed by atoms with Gasteiger partial charge in [0.25, 0.3) is 0 Å². The molecule has 22 heavy (non-hydrogen) atoms. The normalized spacial score (nSPS) is 12.2. The minimum absolute atomic E-state index is 0.225. The number of rotatable bonds is 7. The van der Waals surface area contributed by atoms with E-state index < -0.39 is 0 Å². The van der Waals surface area contributed by atoms with Crippen LogP contribution in [0.3, 0.4) is 0 Å². The third-order valence-electron chi connectivity index (χ3n) is 3.51. The van der Waals surface area contributed by atoms with Crippen LogP contribution in [0.2, 0.25) is 0 Å². The summed E-state index contributed by atoms with van der Waals surface area (Å²) >= 11 is 0. The third-order valence-corrected chi connectivity index (χ3v) is 3.51. The van der Waals surface area contributed by atoms with Crippen molar-refractivity contribution < 1.29 is 4.74 Å². The summed E-state index contributed by atoms with van der Waals surface area (Å²) in [7, 11) is 2.09. The van der Waals surface area contributed by atoms with Crippen molar-refractivity contribution in [3.8, 4) is 5.75 Å². The van der Waals surface area contributed by atoms with E-state index in [1.165, 1.54) is 5.56 Å². The maximum absolute atomic E-state index is 5.70. The van der Waals surface area contributed by atoms with Crippen LogP contribution in [0.4, 0.5) is 0 Å². The fraction of sp³-hybridized carbons (Fsp3) is 0.333. The molecule has 0 unspecified atom stereocenters. The van der Waals surface area contributed by atoms with Gasteiger partial charge in [-0.05, 0) is 50.2 Å². The monoisotopic (exact) mass is 297 g/mol. The Morgan fingerprint density at radius 3 is 2.86 bits per heavy atom. The standard InChI is InChI=1S/C18H23N3O/c1-14(2)12-22-17-7-5-6-16(10-17)11-21(4)15(3)18-8-9-19-13-20-18/h5-10,13,15H,1,11-12H2,2-4H3/t15-/m0/s1. The van der Waals surface area contributed by atoms with Gasteiger partial charge in [-0.15, -0.1) is 0 Å². The van der Waals surface area contributed by atoms with Crippen LogP contribution in [0.5, 0.6) is 5.75 Å². The van der Waals surface area contributed by atoms with E-state index in [0.29, 0.717) is 6.61 Å². The lowest BCUT2D eigenvalue weighted by Gasteiger charge is -2.24. The van der Waals surface area contributed by atoms with E-state index in [-0.39, 0.29) is 6.04 Å². The Bertz CT molecular complexity index is 613. The third kappa shape index (κ3) is 4.67. The lowest BCUT2D eigenvalue weighted by molar-refractivity contribution is 0.248. The van der Waals surface area contributed by atoms with Crippen LogP contribution in [-0.2, 0) is 6.54 Å². The van der Waals surface area contributed by atoms with Crippen molar-refractivity contribution in [1.82, 2.24) is 14.9 Å². The molecule has 1 aromatic carbocycles. The van der Waals surface area contributed by atoms with E-state index in [1.54, 1.807) is 12.5 Å². The van der Waals surface area contributed by atoms with Crippen LogP contribution in [0, 0.1) is 0 Å². The van der Waals surface area contributed by atoms with Gasteiger partial charge < -0.3 is 4.74 Å². The Balaban J connectivity index is 2.00. The van der Waals surface area contributed by atoms with E-state index in [2.05, 4.69) is 47.6 Å². The van der Waals surface area contributed by atoms with Crippen LogP contribution in [0.15, 0.2) is 55.0 Å². The Kier molecular flexibility index (Phi) is 5.67. The summed E-state index contributed by atoms with van der Waals surface area (Å²) in [5.74, 6) is 0.878. The van der Waals surface area contributed by atoms with Crippen molar-refractivity contribution in [2.24, 2.45) is 0 Å². The van der Waals surface area contributed by atoms with Crippen molar-refractivity contribution in [1.29, 1.82) is 0 Å². The first-order valence-corrected chi connectivity index (χ1v) is 7.38. The molecule has 0 fully saturated rings. The Morgan fingerprint density at radius 2 is 2.18 bits per heavy atom. The number of benzene rings is 1. The molecular weight excluding hydrogens is 274 g/mol. The SMILES string of the molecule is C=C(C)COc1cccc(CN(C)[C@@H](C)c2ccncn2)c1. The smallest absolute Gasteiger partial charge is 0.120 e. The molecule has 0 aliphatic rings. The summed E-state index contributed by atoms with van der Waals surface area (Å²) in [6.07, 6.45) is 3.37. The van der Waals surface area contributed by atoms with Crippen LogP contribution in [-0.4, -0.2) is 28.5 Å². The summed E-state index contributed by atoms with van der Waals surface area (Å²) in [6.45, 7) is 9.34. The van der Waals surface area contributed by atoms with E-state index >= 15 is 0 Å². The molecule has 2 aromatic rings. The average Bonchev–Trinajstić information content (AvgIpc) is 2.53. The zero-order valence-electron chi connectivity index (χ0n) is 13.5. The molecule has 1 atom stereocenters. The molecule has 0 saturated carbocycles. The zero-order chi connectivity index (χ0) is 15.9. The van der Waals surface area contributed by atoms with Gasteiger partial charge in [-0.2, -0.15) is 0 Å². The van der Waals surface area contributed by atoms with Crippen LogP contribution < -0.4 is 4.74 Å². The van der Waals surface area contributed by atoms with Crippen molar-refractivity contribution in [3.63, 3.8) is 0 Å². The van der Waals surface area contributed by atoms with Gasteiger partial charge in [0.05, 0.1) is 5.69 Å². The van der Waals surface area contributed by atoms with Gasteiger partial charge in [-0.25, -0.2) is 9.97 Å². The molecule has 0 saturated heterocycles. The lowest BCUT2D eigenvalue weighted by atomic mass is 10.1. The highest BCUT2D eigenvalue weighted by Crippen LogP contribution is 2.20. The van der Waals surface area contributed by atoms with E-state index in [1.807, 2.05) is 25.1 Å². The largest absolute Gasteiger partial charge is 0.489 e. The van der Waals surface area contributed by atoms with Crippen molar-refractivity contribution in [2.75, 3.05) is 13.7 Å². The topological polar surface area (TPSA) is 38.2 Å². The molecular formula is C18H23N3O. The van der Waals surface area contributed by atoms with Gasteiger partial charge in [0.15, 0.2) is 0 Å². The second-order valence-electron chi connectivity index (χ2n) is 5.62. The van der Waals surface area contributed by atoms with E-state index in [9.17, 15) is 0 Å². The Hall–Kier alpha value is -2.20. The Morgan fingerprint density at radius 1 is 1.36 bits per heavy atom. The quantitative estimate of drug-likeness (QED) is 0.732. The summed E-state index contributed by atoms with van der Waals surface area (Å²) < 4.78 is 5.70. The van der Waals surface area contributed by atoms with Gasteiger partial charge >= 0.3 is 0 Å². The molecule has 0 radical (unpaired) electrons. The molecule has 4 heteroatoms. The van der Waals surface area contributed by atoms with Crippen LogP contribution in [0.1, 0.15) is 31.1 Å². The second kappa shape index (κ2) is 7.71. The molecule has 0 amide bonds. The van der Waals surface area contributed by atoms with Gasteiger partial charge in [-0.1, -0.05) is 18.7 Å². The highest BCUT2D eigenvalue weighted by atomic mass is 16.5. The maximum atomic E-state index is 5.70. The van der Waals surface area contributed by atoms with E-state index in [0.717, 1.165) is 23.6 Å². The van der Waals surface area contributed by atoms with Crippen molar-refractivity contribution in [2.45, 2.75) is 26.4 Å². The first-order valence-electron chi connectivity index (χ1n) is 7.38. The summed E-state index contributed by atoms with van der Waals surface area (Å²) in [5, 5.41) is 0. The summed E-state index contributed by atoms with van der Waals surface area (Å²) in [4.78, 5) is 10.5. The molecule has 116 valence electrons. The first-order chi connectivity index (χ1) is 10.6. The highest BCUT2D eigenvalue weighted by molar-refractivity contribution is 5.29. The molecule has 0 N–H and O–H groups in total. The highest BCUT2D eigenvalue weighted by Gasteiger charge is 2.13.